The molecule has 6 nitrogen and oxygen atoms in total. The molecule has 0 saturated heterocycles. The summed E-state index contributed by atoms with van der Waals surface area (Å²) in [7, 11) is 1.55. The van der Waals surface area contributed by atoms with Crippen molar-refractivity contribution in [1.82, 2.24) is 9.78 Å². The van der Waals surface area contributed by atoms with Crippen LogP contribution in [-0.4, -0.2) is 21.6 Å². The van der Waals surface area contributed by atoms with Gasteiger partial charge in [-0.1, -0.05) is 6.07 Å². The summed E-state index contributed by atoms with van der Waals surface area (Å²) in [5.41, 5.74) is 5.39. The van der Waals surface area contributed by atoms with E-state index in [0.29, 0.717) is 0 Å². The zero-order chi connectivity index (χ0) is 14.0. The summed E-state index contributed by atoms with van der Waals surface area (Å²) < 4.78 is 14.3. The normalized spacial score (nSPS) is 10.2. The summed E-state index contributed by atoms with van der Waals surface area (Å²) in [6.07, 6.45) is 1.25. The Morgan fingerprint density at radius 1 is 1.42 bits per heavy atom. The Hall–Kier alpha value is -2.70. The average molecular weight is 262 g/mol. The maximum absolute atomic E-state index is 13.0. The van der Waals surface area contributed by atoms with E-state index in [1.165, 1.54) is 29.1 Å². The molecule has 0 fully saturated rings. The summed E-state index contributed by atoms with van der Waals surface area (Å²) in [6.45, 7) is 0. The van der Waals surface area contributed by atoms with Crippen LogP contribution >= 0.6 is 0 Å². The smallest absolute Gasteiger partial charge is 0.256 e. The lowest BCUT2D eigenvalue weighted by Crippen LogP contribution is -2.19. The first-order valence-electron chi connectivity index (χ1n) is 5.37. The van der Waals surface area contributed by atoms with Crippen molar-refractivity contribution in [3.8, 4) is 0 Å². The number of hydrogen-bond donors (Lipinski definition) is 2. The lowest BCUT2D eigenvalue weighted by molar-refractivity contribution is 0.100. The summed E-state index contributed by atoms with van der Waals surface area (Å²) >= 11 is 0. The van der Waals surface area contributed by atoms with E-state index in [1.54, 1.807) is 7.05 Å². The van der Waals surface area contributed by atoms with Crippen molar-refractivity contribution in [3.63, 3.8) is 0 Å². The Morgan fingerprint density at radius 2 is 2.16 bits per heavy atom. The first-order valence-corrected chi connectivity index (χ1v) is 5.37. The molecule has 1 heterocycles. The van der Waals surface area contributed by atoms with E-state index in [2.05, 4.69) is 10.4 Å². The van der Waals surface area contributed by atoms with Crippen LogP contribution < -0.4 is 11.1 Å². The molecule has 0 aliphatic rings. The molecule has 0 spiro atoms. The number of benzene rings is 1. The van der Waals surface area contributed by atoms with Crippen molar-refractivity contribution in [2.45, 2.75) is 0 Å². The fourth-order valence-electron chi connectivity index (χ4n) is 1.58. The number of anilines is 1. The van der Waals surface area contributed by atoms with Crippen LogP contribution in [0.15, 0.2) is 30.5 Å². The van der Waals surface area contributed by atoms with Crippen molar-refractivity contribution in [1.29, 1.82) is 0 Å². The molecule has 3 N–H and O–H groups in total. The molecule has 2 aromatic rings. The van der Waals surface area contributed by atoms with Crippen molar-refractivity contribution >= 4 is 17.6 Å². The SMILES string of the molecule is Cn1ncc(C(N)=O)c1NC(=O)c1cccc(F)c1. The standard InChI is InChI=1S/C12H11FN4O2/c1-17-11(9(6-15-17)10(14)18)16-12(19)7-3-2-4-8(13)5-7/h2-6H,1H3,(H2,14,18)(H,16,19). The van der Waals surface area contributed by atoms with Gasteiger partial charge in [-0.2, -0.15) is 5.10 Å². The van der Waals surface area contributed by atoms with E-state index < -0.39 is 17.6 Å². The second kappa shape index (κ2) is 4.89. The van der Waals surface area contributed by atoms with Crippen molar-refractivity contribution in [2.75, 3.05) is 5.32 Å². The number of halogens is 1. The summed E-state index contributed by atoms with van der Waals surface area (Å²) in [5.74, 6) is -1.61. The Bertz CT molecular complexity index is 651. The van der Waals surface area contributed by atoms with Crippen LogP contribution in [0.4, 0.5) is 10.2 Å². The van der Waals surface area contributed by atoms with Crippen LogP contribution in [0, 0.1) is 5.82 Å². The van der Waals surface area contributed by atoms with Crippen molar-refractivity contribution < 1.29 is 14.0 Å². The van der Waals surface area contributed by atoms with Gasteiger partial charge < -0.3 is 11.1 Å². The molecule has 2 amide bonds. The summed E-state index contributed by atoms with van der Waals surface area (Å²) in [6, 6.07) is 5.20. The van der Waals surface area contributed by atoms with Crippen molar-refractivity contribution in [2.24, 2.45) is 12.8 Å². The van der Waals surface area contributed by atoms with Gasteiger partial charge in [0.2, 0.25) is 0 Å². The minimum absolute atomic E-state index is 0.0900. The highest BCUT2D eigenvalue weighted by Gasteiger charge is 2.16. The number of primary amides is 1. The number of carbonyl (C=O) groups excluding carboxylic acids is 2. The van der Waals surface area contributed by atoms with Gasteiger partial charge in [-0.3, -0.25) is 14.3 Å². The molecule has 7 heteroatoms. The van der Waals surface area contributed by atoms with Crippen LogP contribution in [0.3, 0.4) is 0 Å². The zero-order valence-electron chi connectivity index (χ0n) is 10.1. The fourth-order valence-corrected chi connectivity index (χ4v) is 1.58. The number of amides is 2. The molecule has 0 saturated carbocycles. The topological polar surface area (TPSA) is 90.0 Å². The Labute approximate surface area is 108 Å². The van der Waals surface area contributed by atoms with Crippen LogP contribution in [0.2, 0.25) is 0 Å². The Kier molecular flexibility index (Phi) is 3.28. The molecule has 0 unspecified atom stereocenters. The highest BCUT2D eigenvalue weighted by Crippen LogP contribution is 2.15. The van der Waals surface area contributed by atoms with Gasteiger partial charge in [0.15, 0.2) is 0 Å². The van der Waals surface area contributed by atoms with Gasteiger partial charge in [-0.15, -0.1) is 0 Å². The third-order valence-electron chi connectivity index (χ3n) is 2.52. The number of hydrogen-bond acceptors (Lipinski definition) is 3. The van der Waals surface area contributed by atoms with Crippen LogP contribution in [0.1, 0.15) is 20.7 Å². The lowest BCUT2D eigenvalue weighted by atomic mass is 10.2. The molecule has 19 heavy (non-hydrogen) atoms. The third-order valence-corrected chi connectivity index (χ3v) is 2.52. The molecule has 0 atom stereocenters. The van der Waals surface area contributed by atoms with Gasteiger partial charge in [0.25, 0.3) is 11.8 Å². The van der Waals surface area contributed by atoms with Gasteiger partial charge in [-0.25, -0.2) is 4.39 Å². The van der Waals surface area contributed by atoms with E-state index in [1.807, 2.05) is 0 Å². The predicted octanol–water partition coefficient (Wildman–Crippen LogP) is 0.910. The quantitative estimate of drug-likeness (QED) is 0.861. The summed E-state index contributed by atoms with van der Waals surface area (Å²) in [4.78, 5) is 23.1. The second-order valence-electron chi connectivity index (χ2n) is 3.86. The molecule has 0 bridgehead atoms. The molecule has 0 aliphatic heterocycles. The molecule has 2 rings (SSSR count). The molecule has 0 radical (unpaired) electrons. The molecular formula is C12H11FN4O2. The molecule has 1 aromatic carbocycles. The second-order valence-corrected chi connectivity index (χ2v) is 3.86. The maximum atomic E-state index is 13.0. The third kappa shape index (κ3) is 2.59. The monoisotopic (exact) mass is 262 g/mol. The Balaban J connectivity index is 2.29. The van der Waals surface area contributed by atoms with E-state index in [4.69, 9.17) is 5.73 Å². The highest BCUT2D eigenvalue weighted by atomic mass is 19.1. The zero-order valence-corrected chi connectivity index (χ0v) is 10.1. The molecular weight excluding hydrogens is 251 g/mol. The minimum atomic E-state index is -0.706. The fraction of sp³-hybridized carbons (Fsp3) is 0.0833. The van der Waals surface area contributed by atoms with E-state index in [9.17, 15) is 14.0 Å². The van der Waals surface area contributed by atoms with Crippen molar-refractivity contribution in [3.05, 3.63) is 47.4 Å². The molecule has 98 valence electrons. The van der Waals surface area contributed by atoms with Gasteiger partial charge in [0.05, 0.1) is 6.20 Å². The number of carbonyl (C=O) groups is 2. The highest BCUT2D eigenvalue weighted by molar-refractivity contribution is 6.07. The van der Waals surface area contributed by atoms with Crippen LogP contribution in [0.5, 0.6) is 0 Å². The van der Waals surface area contributed by atoms with Gasteiger partial charge in [0, 0.05) is 12.6 Å². The van der Waals surface area contributed by atoms with Crippen LogP contribution in [-0.2, 0) is 7.05 Å². The van der Waals surface area contributed by atoms with E-state index in [0.717, 1.165) is 6.07 Å². The van der Waals surface area contributed by atoms with Gasteiger partial charge in [-0.05, 0) is 18.2 Å². The first kappa shape index (κ1) is 12.7. The largest absolute Gasteiger partial charge is 0.365 e. The lowest BCUT2D eigenvalue weighted by Gasteiger charge is -2.07. The molecule has 0 aliphatic carbocycles. The van der Waals surface area contributed by atoms with Gasteiger partial charge in [0.1, 0.15) is 17.2 Å². The first-order chi connectivity index (χ1) is 8.99. The minimum Gasteiger partial charge on any atom is -0.365 e. The Morgan fingerprint density at radius 3 is 2.79 bits per heavy atom. The molecule has 1 aromatic heterocycles. The van der Waals surface area contributed by atoms with Crippen LogP contribution in [0.25, 0.3) is 0 Å². The van der Waals surface area contributed by atoms with Gasteiger partial charge >= 0.3 is 0 Å². The summed E-state index contributed by atoms with van der Waals surface area (Å²) in [5, 5.41) is 6.31. The number of aromatic nitrogens is 2. The number of nitrogens with one attached hydrogen (secondary N) is 1. The number of rotatable bonds is 3. The number of nitrogens with two attached hydrogens (primary N) is 1. The number of nitrogens with zero attached hydrogens (tertiary/aromatic N) is 2. The predicted molar refractivity (Wildman–Crippen MR) is 66.1 cm³/mol. The van der Waals surface area contributed by atoms with E-state index in [-0.39, 0.29) is 16.9 Å². The number of aryl methyl sites for hydroxylation is 1. The average Bonchev–Trinajstić information content (AvgIpc) is 2.71. The van der Waals surface area contributed by atoms with E-state index >= 15 is 0 Å². The maximum Gasteiger partial charge on any atom is 0.256 e.